The van der Waals surface area contributed by atoms with Crippen LogP contribution in [0.5, 0.6) is 0 Å². The molecule has 1 N–H and O–H groups in total. The summed E-state index contributed by atoms with van der Waals surface area (Å²) in [6.07, 6.45) is -2.65. The van der Waals surface area contributed by atoms with Gasteiger partial charge in [-0.05, 0) is 6.42 Å². The molecule has 0 aromatic rings. The normalized spacial score (nSPS) is 15.7. The molecule has 0 aliphatic rings. The van der Waals surface area contributed by atoms with Gasteiger partial charge in [-0.2, -0.15) is 0 Å². The Hall–Kier alpha value is -1.26. The van der Waals surface area contributed by atoms with Gasteiger partial charge in [-0.15, -0.1) is 6.58 Å². The molecule has 0 aromatic heterocycles. The van der Waals surface area contributed by atoms with E-state index in [2.05, 4.69) is 6.58 Å². The predicted molar refractivity (Wildman–Crippen MR) is 46.0 cm³/mol. The second-order valence-corrected chi connectivity index (χ2v) is 2.66. The summed E-state index contributed by atoms with van der Waals surface area (Å²) in [7, 11) is 0. The van der Waals surface area contributed by atoms with E-state index in [0.29, 0.717) is 6.08 Å². The smallest absolute Gasteiger partial charge is 0.327 e. The first kappa shape index (κ1) is 12.7. The molecule has 0 aliphatic carbocycles. The maximum Gasteiger partial charge on any atom is 0.327 e. The molecule has 14 heavy (non-hydrogen) atoms. The number of alkyl halides is 3. The van der Waals surface area contributed by atoms with Crippen molar-refractivity contribution in [2.75, 3.05) is 0 Å². The van der Waals surface area contributed by atoms with Gasteiger partial charge in [0.05, 0.1) is 0 Å². The van der Waals surface area contributed by atoms with Crippen molar-refractivity contribution in [1.82, 2.24) is 0 Å². The quantitative estimate of drug-likeness (QED) is 0.537. The second kappa shape index (κ2) is 6.23. The number of aliphatic carboxylic acids is 1. The summed E-state index contributed by atoms with van der Waals surface area (Å²) < 4.78 is 36.7. The van der Waals surface area contributed by atoms with E-state index in [1.807, 2.05) is 0 Å². The number of carboxylic acid groups (broad SMARTS) is 1. The lowest BCUT2D eigenvalue weighted by atomic mass is 9.99. The van der Waals surface area contributed by atoms with E-state index in [1.54, 1.807) is 0 Å². The Balaban J connectivity index is 4.42. The topological polar surface area (TPSA) is 37.3 Å². The molecule has 2 unspecified atom stereocenters. The van der Waals surface area contributed by atoms with Gasteiger partial charge in [0.1, 0.15) is 0 Å². The summed E-state index contributed by atoms with van der Waals surface area (Å²) in [5, 5.41) is 8.23. The third kappa shape index (κ3) is 4.69. The van der Waals surface area contributed by atoms with Crippen LogP contribution in [-0.4, -0.2) is 23.7 Å². The van der Waals surface area contributed by atoms with Crippen molar-refractivity contribution in [2.45, 2.75) is 19.0 Å². The molecular formula is C9H11F3O2. The van der Waals surface area contributed by atoms with Gasteiger partial charge in [0.25, 0.3) is 6.43 Å². The van der Waals surface area contributed by atoms with Crippen LogP contribution in [0.25, 0.3) is 0 Å². The molecule has 80 valence electrons. The maximum atomic E-state index is 12.8. The molecule has 0 aliphatic heterocycles. The Morgan fingerprint density at radius 2 is 2.00 bits per heavy atom. The highest BCUT2D eigenvalue weighted by atomic mass is 19.3. The molecule has 0 spiro atoms. The number of carboxylic acids is 1. The summed E-state index contributed by atoms with van der Waals surface area (Å²) in [5.41, 5.74) is 0. The predicted octanol–water partition coefficient (Wildman–Crippen LogP) is 2.42. The fourth-order valence-corrected chi connectivity index (χ4v) is 0.900. The first-order chi connectivity index (χ1) is 6.49. The largest absolute Gasteiger partial charge is 0.478 e. The van der Waals surface area contributed by atoms with Gasteiger partial charge in [-0.3, -0.25) is 0 Å². The van der Waals surface area contributed by atoms with Crippen LogP contribution in [-0.2, 0) is 4.79 Å². The van der Waals surface area contributed by atoms with Gasteiger partial charge in [-0.1, -0.05) is 12.2 Å². The molecule has 0 saturated carbocycles. The summed E-state index contributed by atoms with van der Waals surface area (Å²) in [6.45, 7) is 3.28. The Labute approximate surface area is 79.7 Å². The number of halogens is 3. The monoisotopic (exact) mass is 208 g/mol. The van der Waals surface area contributed by atoms with Crippen molar-refractivity contribution in [3.8, 4) is 0 Å². The summed E-state index contributed by atoms with van der Waals surface area (Å²) >= 11 is 0. The Morgan fingerprint density at radius 1 is 1.43 bits per heavy atom. The fourth-order valence-electron chi connectivity index (χ4n) is 0.900. The van der Waals surface area contributed by atoms with E-state index in [9.17, 15) is 18.0 Å². The second-order valence-electron chi connectivity index (χ2n) is 2.66. The molecule has 0 aromatic carbocycles. The van der Waals surface area contributed by atoms with Gasteiger partial charge >= 0.3 is 5.97 Å². The number of carbonyl (C=O) groups is 1. The average molecular weight is 208 g/mol. The summed E-state index contributed by atoms with van der Waals surface area (Å²) in [4.78, 5) is 10.1. The fraction of sp³-hybridized carbons (Fsp3) is 0.444. The van der Waals surface area contributed by atoms with E-state index in [4.69, 9.17) is 5.11 Å². The van der Waals surface area contributed by atoms with Gasteiger partial charge in [-0.25, -0.2) is 18.0 Å². The molecular weight excluding hydrogens is 197 g/mol. The molecule has 5 heteroatoms. The van der Waals surface area contributed by atoms with Crippen LogP contribution in [0.3, 0.4) is 0 Å². The first-order valence-corrected chi connectivity index (χ1v) is 3.93. The van der Waals surface area contributed by atoms with Crippen molar-refractivity contribution < 1.29 is 23.1 Å². The maximum absolute atomic E-state index is 12.8. The minimum Gasteiger partial charge on any atom is -0.478 e. The zero-order valence-electron chi connectivity index (χ0n) is 7.37. The van der Waals surface area contributed by atoms with Crippen molar-refractivity contribution in [1.29, 1.82) is 0 Å². The van der Waals surface area contributed by atoms with Crippen molar-refractivity contribution in [2.24, 2.45) is 5.92 Å². The molecule has 0 amide bonds. The number of hydrogen-bond donors (Lipinski definition) is 1. The van der Waals surface area contributed by atoms with Crippen molar-refractivity contribution in [3.05, 3.63) is 24.8 Å². The minimum absolute atomic E-state index is 0.0186. The third-order valence-electron chi connectivity index (χ3n) is 1.57. The van der Waals surface area contributed by atoms with Crippen LogP contribution < -0.4 is 0 Å². The highest BCUT2D eigenvalue weighted by Crippen LogP contribution is 2.20. The van der Waals surface area contributed by atoms with E-state index in [-0.39, 0.29) is 6.42 Å². The highest BCUT2D eigenvalue weighted by Gasteiger charge is 2.26. The standard InChI is InChI=1S/C9H11F3O2/c1-2-3-6(4-5-7(13)14)8(10)9(11)12/h2,4-6,8-9H,1,3H2,(H,13,14)/b5-4+. The van der Waals surface area contributed by atoms with Gasteiger partial charge in [0, 0.05) is 12.0 Å². The Morgan fingerprint density at radius 3 is 2.36 bits per heavy atom. The SMILES string of the molecule is C=CCC(/C=C/C(=O)O)C(F)C(F)F. The zero-order valence-corrected chi connectivity index (χ0v) is 7.37. The van der Waals surface area contributed by atoms with Crippen LogP contribution in [0, 0.1) is 5.92 Å². The Kier molecular flexibility index (Phi) is 5.67. The van der Waals surface area contributed by atoms with Gasteiger partial charge in [0.15, 0.2) is 6.17 Å². The lowest BCUT2D eigenvalue weighted by Crippen LogP contribution is -2.22. The van der Waals surface area contributed by atoms with Crippen molar-refractivity contribution in [3.63, 3.8) is 0 Å². The first-order valence-electron chi connectivity index (χ1n) is 3.93. The Bertz CT molecular complexity index is 226. The molecule has 2 atom stereocenters. The number of rotatable bonds is 6. The minimum atomic E-state index is -3.11. The van der Waals surface area contributed by atoms with Crippen LogP contribution in [0.15, 0.2) is 24.8 Å². The number of hydrogen-bond acceptors (Lipinski definition) is 1. The van der Waals surface area contributed by atoms with E-state index < -0.39 is 24.5 Å². The highest BCUT2D eigenvalue weighted by molar-refractivity contribution is 5.79. The van der Waals surface area contributed by atoms with Crippen molar-refractivity contribution >= 4 is 5.97 Å². The molecule has 0 bridgehead atoms. The van der Waals surface area contributed by atoms with E-state index in [1.165, 1.54) is 6.08 Å². The average Bonchev–Trinajstić information content (AvgIpc) is 2.10. The van der Waals surface area contributed by atoms with Crippen LogP contribution in [0.1, 0.15) is 6.42 Å². The summed E-state index contributed by atoms with van der Waals surface area (Å²) in [6, 6.07) is 0. The lowest BCUT2D eigenvalue weighted by Gasteiger charge is -2.14. The van der Waals surface area contributed by atoms with E-state index >= 15 is 0 Å². The molecule has 0 fully saturated rings. The summed E-state index contributed by atoms with van der Waals surface area (Å²) in [5.74, 6) is -2.43. The molecule has 2 nitrogen and oxygen atoms in total. The zero-order chi connectivity index (χ0) is 11.1. The van der Waals surface area contributed by atoms with Crippen LogP contribution >= 0.6 is 0 Å². The van der Waals surface area contributed by atoms with Crippen LogP contribution in [0.4, 0.5) is 13.2 Å². The third-order valence-corrected chi connectivity index (χ3v) is 1.57. The van der Waals surface area contributed by atoms with Gasteiger partial charge in [0.2, 0.25) is 0 Å². The molecule has 0 saturated heterocycles. The molecule has 0 radical (unpaired) electrons. The molecule has 0 heterocycles. The van der Waals surface area contributed by atoms with Crippen LogP contribution in [0.2, 0.25) is 0 Å². The van der Waals surface area contributed by atoms with Gasteiger partial charge < -0.3 is 5.11 Å². The number of allylic oxidation sites excluding steroid dienone is 2. The lowest BCUT2D eigenvalue weighted by molar-refractivity contribution is -0.131. The van der Waals surface area contributed by atoms with E-state index in [0.717, 1.165) is 6.08 Å². The molecule has 0 rings (SSSR count).